The number of rotatable bonds is 2. The molecule has 3 rings (SSSR count). The molecular weight excluding hydrogens is 242 g/mol. The lowest BCUT2D eigenvalue weighted by Gasteiger charge is -2.11. The van der Waals surface area contributed by atoms with E-state index < -0.39 is 0 Å². The first-order valence-electron chi connectivity index (χ1n) is 6.15. The average Bonchev–Trinajstić information content (AvgIpc) is 2.40. The van der Waals surface area contributed by atoms with E-state index in [1.165, 1.54) is 22.4 Å². The third-order valence-electron chi connectivity index (χ3n) is 3.30. The van der Waals surface area contributed by atoms with E-state index >= 15 is 0 Å². The molecule has 0 atom stereocenters. The fraction of sp³-hybridized carbons (Fsp3) is 0.188. The van der Waals surface area contributed by atoms with Crippen molar-refractivity contribution < 1.29 is 17.4 Å². The summed E-state index contributed by atoms with van der Waals surface area (Å²) < 4.78 is 0. The van der Waals surface area contributed by atoms with Crippen LogP contribution < -0.4 is 17.4 Å². The van der Waals surface area contributed by atoms with Crippen molar-refractivity contribution in [3.8, 4) is 0 Å². The van der Waals surface area contributed by atoms with Crippen molar-refractivity contribution in [2.45, 2.75) is 12.8 Å². The summed E-state index contributed by atoms with van der Waals surface area (Å²) in [5, 5.41) is 0. The van der Waals surface area contributed by atoms with Gasteiger partial charge in [-0.2, -0.15) is 0 Å². The van der Waals surface area contributed by atoms with Gasteiger partial charge in [0.05, 0.1) is 6.42 Å². The van der Waals surface area contributed by atoms with Gasteiger partial charge in [0.25, 0.3) is 0 Å². The fourth-order valence-corrected chi connectivity index (χ4v) is 2.43. The van der Waals surface area contributed by atoms with Crippen molar-refractivity contribution >= 4 is 5.71 Å². The quantitative estimate of drug-likeness (QED) is 0.664. The van der Waals surface area contributed by atoms with Crippen molar-refractivity contribution in [3.05, 3.63) is 71.3 Å². The Morgan fingerprint density at radius 3 is 2.44 bits per heavy atom. The number of halogens is 1. The van der Waals surface area contributed by atoms with E-state index in [-0.39, 0.29) is 12.4 Å². The molecule has 1 nitrogen and oxygen atoms in total. The number of fused-ring (bicyclic) bond motifs is 1. The highest BCUT2D eigenvalue weighted by Gasteiger charge is 2.18. The summed E-state index contributed by atoms with van der Waals surface area (Å²) in [5.74, 6) is 0. The summed E-state index contributed by atoms with van der Waals surface area (Å²) in [6.07, 6.45) is 2.13. The predicted molar refractivity (Wildman–Crippen MR) is 70.2 cm³/mol. The number of hydrogen-bond acceptors (Lipinski definition) is 0. The molecule has 1 heterocycles. The van der Waals surface area contributed by atoms with Gasteiger partial charge in [-0.25, -0.2) is 4.99 Å². The zero-order valence-corrected chi connectivity index (χ0v) is 11.0. The molecule has 1 aliphatic heterocycles. The molecule has 0 aliphatic carbocycles. The second-order valence-corrected chi connectivity index (χ2v) is 4.47. The molecule has 0 bridgehead atoms. The Hall–Kier alpha value is -1.60. The fourth-order valence-electron chi connectivity index (χ4n) is 2.43. The van der Waals surface area contributed by atoms with Crippen molar-refractivity contribution in [2.24, 2.45) is 0 Å². The molecule has 0 saturated heterocycles. The molecule has 0 fully saturated rings. The molecule has 1 N–H and O–H groups in total. The van der Waals surface area contributed by atoms with Crippen molar-refractivity contribution in [2.75, 3.05) is 6.54 Å². The Morgan fingerprint density at radius 2 is 1.61 bits per heavy atom. The standard InChI is InChI=1S/C16H15N.ClH/c1-2-6-13(7-3-1)12-16-15-9-5-4-8-14(15)10-11-17-16;/h1-9H,10-12H2;1H. The van der Waals surface area contributed by atoms with Gasteiger partial charge >= 0.3 is 0 Å². The Bertz CT molecular complexity index is 546. The molecule has 0 radical (unpaired) electrons. The summed E-state index contributed by atoms with van der Waals surface area (Å²) in [5.41, 5.74) is 5.59. The number of hydrogen-bond donors (Lipinski definition) is 1. The Morgan fingerprint density at radius 1 is 0.889 bits per heavy atom. The Labute approximate surface area is 114 Å². The third-order valence-corrected chi connectivity index (χ3v) is 3.30. The van der Waals surface area contributed by atoms with Crippen molar-refractivity contribution in [3.63, 3.8) is 0 Å². The molecule has 0 saturated carbocycles. The number of nitrogens with one attached hydrogen (secondary N) is 1. The maximum absolute atomic E-state index is 3.54. The molecule has 0 spiro atoms. The van der Waals surface area contributed by atoms with Gasteiger partial charge in [0.15, 0.2) is 5.71 Å². The second kappa shape index (κ2) is 5.83. The van der Waals surface area contributed by atoms with Crippen LogP contribution in [0.5, 0.6) is 0 Å². The van der Waals surface area contributed by atoms with E-state index in [0.717, 1.165) is 19.4 Å². The summed E-state index contributed by atoms with van der Waals surface area (Å²) in [7, 11) is 0. The molecular formula is C16H16ClN. The summed E-state index contributed by atoms with van der Waals surface area (Å²) in [4.78, 5) is 3.54. The summed E-state index contributed by atoms with van der Waals surface area (Å²) in [6.45, 7) is 1.05. The smallest absolute Gasteiger partial charge is 0.186 e. The first-order valence-corrected chi connectivity index (χ1v) is 6.15. The van der Waals surface area contributed by atoms with Gasteiger partial charge in [0.2, 0.25) is 0 Å². The van der Waals surface area contributed by atoms with Gasteiger partial charge in [-0.3, -0.25) is 0 Å². The molecule has 2 heteroatoms. The first kappa shape index (κ1) is 12.8. The topological polar surface area (TPSA) is 14.0 Å². The van der Waals surface area contributed by atoms with E-state index in [1.54, 1.807) is 0 Å². The molecule has 0 unspecified atom stereocenters. The average molecular weight is 258 g/mol. The normalized spacial score (nSPS) is 13.2. The highest BCUT2D eigenvalue weighted by molar-refractivity contribution is 5.99. The molecule has 2 aromatic rings. The lowest BCUT2D eigenvalue weighted by Crippen LogP contribution is -3.00. The van der Waals surface area contributed by atoms with Crippen LogP contribution in [0.3, 0.4) is 0 Å². The van der Waals surface area contributed by atoms with Crippen LogP contribution in [0.1, 0.15) is 16.7 Å². The highest BCUT2D eigenvalue weighted by Crippen LogP contribution is 2.13. The summed E-state index contributed by atoms with van der Waals surface area (Å²) in [6, 6.07) is 19.4. The Balaban J connectivity index is 0.00000120. The van der Waals surface area contributed by atoms with Crippen molar-refractivity contribution in [1.82, 2.24) is 0 Å². The van der Waals surface area contributed by atoms with Crippen LogP contribution in [0.15, 0.2) is 54.6 Å². The predicted octanol–water partition coefficient (Wildman–Crippen LogP) is -1.64. The lowest BCUT2D eigenvalue weighted by molar-refractivity contribution is -0.458. The molecule has 0 aromatic heterocycles. The van der Waals surface area contributed by atoms with E-state index in [0.29, 0.717) is 0 Å². The minimum Gasteiger partial charge on any atom is -1.00 e. The van der Waals surface area contributed by atoms with Gasteiger partial charge in [-0.1, -0.05) is 48.5 Å². The lowest BCUT2D eigenvalue weighted by atomic mass is 9.94. The van der Waals surface area contributed by atoms with Crippen LogP contribution in [0.2, 0.25) is 0 Å². The summed E-state index contributed by atoms with van der Waals surface area (Å²) >= 11 is 0. The largest absolute Gasteiger partial charge is 1.00 e. The van der Waals surface area contributed by atoms with Crippen LogP contribution >= 0.6 is 0 Å². The second-order valence-electron chi connectivity index (χ2n) is 4.47. The maximum atomic E-state index is 3.54. The van der Waals surface area contributed by atoms with Gasteiger partial charge in [-0.15, -0.1) is 0 Å². The minimum absolute atomic E-state index is 0. The van der Waals surface area contributed by atoms with Gasteiger partial charge in [0, 0.05) is 12.0 Å². The van der Waals surface area contributed by atoms with Crippen LogP contribution in [0.25, 0.3) is 0 Å². The van der Waals surface area contributed by atoms with E-state index in [4.69, 9.17) is 0 Å². The first-order chi connectivity index (χ1) is 8.43. The minimum atomic E-state index is 0. The van der Waals surface area contributed by atoms with Crippen LogP contribution in [0.4, 0.5) is 0 Å². The van der Waals surface area contributed by atoms with E-state index in [1.807, 2.05) is 0 Å². The molecule has 1 aliphatic rings. The molecule has 2 aromatic carbocycles. The monoisotopic (exact) mass is 257 g/mol. The Kier molecular flexibility index (Phi) is 4.16. The van der Waals surface area contributed by atoms with Crippen LogP contribution in [-0.4, -0.2) is 12.3 Å². The van der Waals surface area contributed by atoms with E-state index in [2.05, 4.69) is 59.6 Å². The van der Waals surface area contributed by atoms with Gasteiger partial charge < -0.3 is 12.4 Å². The zero-order chi connectivity index (χ0) is 11.5. The molecule has 92 valence electrons. The van der Waals surface area contributed by atoms with E-state index in [9.17, 15) is 0 Å². The SMILES string of the molecule is [Cl-].c1ccc(CC2=[NH+]CCc3ccccc32)cc1. The third kappa shape index (κ3) is 2.62. The zero-order valence-electron chi connectivity index (χ0n) is 10.2. The molecule has 18 heavy (non-hydrogen) atoms. The van der Waals surface area contributed by atoms with Crippen molar-refractivity contribution in [1.29, 1.82) is 0 Å². The van der Waals surface area contributed by atoms with Gasteiger partial charge in [-0.05, 0) is 17.2 Å². The van der Waals surface area contributed by atoms with Crippen LogP contribution in [0, 0.1) is 0 Å². The maximum Gasteiger partial charge on any atom is 0.186 e. The van der Waals surface area contributed by atoms with Crippen LogP contribution in [-0.2, 0) is 12.8 Å². The number of benzene rings is 2. The highest BCUT2D eigenvalue weighted by atomic mass is 35.5. The molecule has 0 amide bonds. The van der Waals surface area contributed by atoms with Gasteiger partial charge in [0.1, 0.15) is 6.54 Å².